The van der Waals surface area contributed by atoms with Gasteiger partial charge in [-0.2, -0.15) is 13.2 Å². The molecule has 1 N–H and O–H groups in total. The van der Waals surface area contributed by atoms with Gasteiger partial charge in [0.1, 0.15) is 0 Å². The zero-order valence-electron chi connectivity index (χ0n) is 14.7. The van der Waals surface area contributed by atoms with Crippen LogP contribution in [0.15, 0.2) is 54.6 Å². The number of hydrogen-bond donors (Lipinski definition) is 1. The van der Waals surface area contributed by atoms with E-state index < -0.39 is 30.2 Å². The minimum Gasteiger partial charge on any atom is -0.452 e. The summed E-state index contributed by atoms with van der Waals surface area (Å²) in [5.74, 6) is -1.67. The molecular weight excluding hydrogens is 375 g/mol. The molecule has 0 aliphatic rings. The standard InChI is InChI=1S/C20H16F3NO4/c1-13(25)15-5-3-7-17(11-15)24-18(26)12-28-19(27)9-8-14-4-2-6-16(10-14)20(21,22)23/h2-11H,12H2,1H3,(H,24,26)/b9-8+. The number of hydrogen-bond acceptors (Lipinski definition) is 4. The third-order valence-corrected chi connectivity index (χ3v) is 3.52. The number of ether oxygens (including phenoxy) is 1. The Kier molecular flexibility index (Phi) is 6.70. The average Bonchev–Trinajstić information content (AvgIpc) is 2.64. The van der Waals surface area contributed by atoms with E-state index in [9.17, 15) is 27.6 Å². The highest BCUT2D eigenvalue weighted by molar-refractivity contribution is 5.98. The van der Waals surface area contributed by atoms with Gasteiger partial charge in [-0.15, -0.1) is 0 Å². The molecule has 1 amide bonds. The van der Waals surface area contributed by atoms with Crippen molar-refractivity contribution < 1.29 is 32.3 Å². The van der Waals surface area contributed by atoms with Crippen LogP contribution in [0.1, 0.15) is 28.4 Å². The van der Waals surface area contributed by atoms with Gasteiger partial charge in [0.05, 0.1) is 5.56 Å². The van der Waals surface area contributed by atoms with E-state index in [0.717, 1.165) is 24.3 Å². The molecule has 0 spiro atoms. The Morgan fingerprint density at radius 1 is 1.07 bits per heavy atom. The highest BCUT2D eigenvalue weighted by Crippen LogP contribution is 2.29. The van der Waals surface area contributed by atoms with Crippen molar-refractivity contribution in [2.75, 3.05) is 11.9 Å². The fourth-order valence-corrected chi connectivity index (χ4v) is 2.18. The lowest BCUT2D eigenvalue weighted by Gasteiger charge is -2.07. The molecule has 0 radical (unpaired) electrons. The molecule has 0 saturated carbocycles. The minimum atomic E-state index is -4.48. The summed E-state index contributed by atoms with van der Waals surface area (Å²) in [6, 6.07) is 10.7. The Morgan fingerprint density at radius 3 is 2.46 bits per heavy atom. The Balaban J connectivity index is 1.88. The van der Waals surface area contributed by atoms with Gasteiger partial charge in [0.25, 0.3) is 5.91 Å². The second kappa shape index (κ2) is 8.98. The van der Waals surface area contributed by atoms with Crippen molar-refractivity contribution in [2.24, 2.45) is 0 Å². The highest BCUT2D eigenvalue weighted by atomic mass is 19.4. The van der Waals surface area contributed by atoms with Gasteiger partial charge in [0.2, 0.25) is 0 Å². The number of nitrogens with one attached hydrogen (secondary N) is 1. The normalized spacial score (nSPS) is 11.3. The molecule has 2 aromatic rings. The zero-order chi connectivity index (χ0) is 20.7. The summed E-state index contributed by atoms with van der Waals surface area (Å²) >= 11 is 0. The number of carbonyl (C=O) groups excluding carboxylic acids is 3. The van der Waals surface area contributed by atoms with Crippen molar-refractivity contribution in [1.82, 2.24) is 0 Å². The van der Waals surface area contributed by atoms with E-state index in [2.05, 4.69) is 5.32 Å². The smallest absolute Gasteiger partial charge is 0.416 e. The first-order chi connectivity index (χ1) is 13.1. The fraction of sp³-hybridized carbons (Fsp3) is 0.150. The number of amides is 1. The summed E-state index contributed by atoms with van der Waals surface area (Å²) in [7, 11) is 0. The van der Waals surface area contributed by atoms with E-state index in [4.69, 9.17) is 4.74 Å². The van der Waals surface area contributed by atoms with Crippen LogP contribution >= 0.6 is 0 Å². The third-order valence-electron chi connectivity index (χ3n) is 3.52. The summed E-state index contributed by atoms with van der Waals surface area (Å²) in [6.45, 7) is 0.801. The number of carbonyl (C=O) groups is 3. The molecule has 8 heteroatoms. The van der Waals surface area contributed by atoms with E-state index in [0.29, 0.717) is 11.3 Å². The van der Waals surface area contributed by atoms with Crippen molar-refractivity contribution in [2.45, 2.75) is 13.1 Å². The average molecular weight is 391 g/mol. The van der Waals surface area contributed by atoms with E-state index in [1.807, 2.05) is 0 Å². The maximum absolute atomic E-state index is 12.6. The Morgan fingerprint density at radius 2 is 1.79 bits per heavy atom. The zero-order valence-corrected chi connectivity index (χ0v) is 14.7. The summed E-state index contributed by atoms with van der Waals surface area (Å²) in [5.41, 5.74) is 0.111. The van der Waals surface area contributed by atoms with Crippen LogP contribution in [-0.2, 0) is 20.5 Å². The van der Waals surface area contributed by atoms with Crippen molar-refractivity contribution in [3.8, 4) is 0 Å². The SMILES string of the molecule is CC(=O)c1cccc(NC(=O)COC(=O)/C=C/c2cccc(C(F)(F)F)c2)c1. The molecule has 0 heterocycles. The predicted molar refractivity (Wildman–Crippen MR) is 96.5 cm³/mol. The molecule has 0 bridgehead atoms. The van der Waals surface area contributed by atoms with Gasteiger partial charge in [-0.25, -0.2) is 4.79 Å². The number of Topliss-reactive ketones (excluding diaryl/α,β-unsaturated/α-hetero) is 1. The van der Waals surface area contributed by atoms with Crippen LogP contribution in [0.2, 0.25) is 0 Å². The van der Waals surface area contributed by atoms with Gasteiger partial charge in [0, 0.05) is 17.3 Å². The number of benzene rings is 2. The molecule has 0 fully saturated rings. The molecule has 146 valence electrons. The van der Waals surface area contributed by atoms with Crippen molar-refractivity contribution in [1.29, 1.82) is 0 Å². The number of alkyl halides is 3. The van der Waals surface area contributed by atoms with Gasteiger partial charge in [-0.1, -0.05) is 24.3 Å². The van der Waals surface area contributed by atoms with E-state index in [1.54, 1.807) is 18.2 Å². The lowest BCUT2D eigenvalue weighted by molar-refractivity contribution is -0.142. The predicted octanol–water partition coefficient (Wildman–Crippen LogP) is 4.10. The first-order valence-corrected chi connectivity index (χ1v) is 8.08. The highest BCUT2D eigenvalue weighted by Gasteiger charge is 2.30. The molecule has 0 aliphatic carbocycles. The topological polar surface area (TPSA) is 72.5 Å². The Bertz CT molecular complexity index is 920. The number of anilines is 1. The second-order valence-corrected chi connectivity index (χ2v) is 5.75. The number of esters is 1. The quantitative estimate of drug-likeness (QED) is 0.457. The number of halogens is 3. The Labute approximate surface area is 158 Å². The van der Waals surface area contributed by atoms with E-state index in [1.165, 1.54) is 25.1 Å². The third kappa shape index (κ3) is 6.39. The molecule has 2 rings (SSSR count). The molecule has 2 aromatic carbocycles. The molecule has 28 heavy (non-hydrogen) atoms. The first kappa shape index (κ1) is 20.9. The van der Waals surface area contributed by atoms with Crippen LogP contribution in [0.3, 0.4) is 0 Å². The fourth-order valence-electron chi connectivity index (χ4n) is 2.18. The van der Waals surface area contributed by atoms with Crippen LogP contribution < -0.4 is 5.32 Å². The van der Waals surface area contributed by atoms with Crippen molar-refractivity contribution >= 4 is 29.4 Å². The van der Waals surface area contributed by atoms with Crippen LogP contribution in [-0.4, -0.2) is 24.3 Å². The molecule has 0 unspecified atom stereocenters. The molecule has 0 atom stereocenters. The minimum absolute atomic E-state index is 0.164. The van der Waals surface area contributed by atoms with Gasteiger partial charge < -0.3 is 10.1 Å². The molecule has 5 nitrogen and oxygen atoms in total. The summed E-state index contributed by atoms with van der Waals surface area (Å²) in [5, 5.41) is 2.47. The maximum Gasteiger partial charge on any atom is 0.416 e. The lowest BCUT2D eigenvalue weighted by Crippen LogP contribution is -2.20. The van der Waals surface area contributed by atoms with Gasteiger partial charge in [0.15, 0.2) is 12.4 Å². The molecule has 0 saturated heterocycles. The lowest BCUT2D eigenvalue weighted by atomic mass is 10.1. The van der Waals surface area contributed by atoms with E-state index >= 15 is 0 Å². The second-order valence-electron chi connectivity index (χ2n) is 5.75. The number of rotatable bonds is 6. The summed E-state index contributed by atoms with van der Waals surface area (Å²) in [6.07, 6.45) is -2.40. The number of ketones is 1. The van der Waals surface area contributed by atoms with Gasteiger partial charge in [-0.05, 0) is 42.8 Å². The van der Waals surface area contributed by atoms with E-state index in [-0.39, 0.29) is 11.3 Å². The summed E-state index contributed by atoms with van der Waals surface area (Å²) < 4.78 is 42.7. The Hall–Kier alpha value is -3.42. The van der Waals surface area contributed by atoms with Gasteiger partial charge in [-0.3, -0.25) is 9.59 Å². The summed E-state index contributed by atoms with van der Waals surface area (Å²) in [4.78, 5) is 34.8. The van der Waals surface area contributed by atoms with Crippen LogP contribution in [0, 0.1) is 0 Å². The molecule has 0 aromatic heterocycles. The van der Waals surface area contributed by atoms with Crippen molar-refractivity contribution in [3.05, 3.63) is 71.3 Å². The monoisotopic (exact) mass is 391 g/mol. The molecule has 0 aliphatic heterocycles. The molecular formula is C20H16F3NO4. The van der Waals surface area contributed by atoms with Gasteiger partial charge >= 0.3 is 12.1 Å². The van der Waals surface area contributed by atoms with Crippen LogP contribution in [0.25, 0.3) is 6.08 Å². The first-order valence-electron chi connectivity index (χ1n) is 8.08. The maximum atomic E-state index is 12.6. The van der Waals surface area contributed by atoms with Crippen molar-refractivity contribution in [3.63, 3.8) is 0 Å². The largest absolute Gasteiger partial charge is 0.452 e. The van der Waals surface area contributed by atoms with Crippen LogP contribution in [0.4, 0.5) is 18.9 Å². The van der Waals surface area contributed by atoms with Crippen LogP contribution in [0.5, 0.6) is 0 Å².